The van der Waals surface area contributed by atoms with Crippen LogP contribution in [-0.4, -0.2) is 48.6 Å². The largest absolute Gasteiger partial charge is 0.494 e. The fourth-order valence-electron chi connectivity index (χ4n) is 3.72. The second-order valence-electron chi connectivity index (χ2n) is 6.29. The lowest BCUT2D eigenvalue weighted by molar-refractivity contribution is 0.122. The molecule has 3 rings (SSSR count). The standard InChI is InChI=1S/C18H28N2O/c1-2-21-18-8-4-3-7-16(18)15-19-13-9-17(10-14-19)20-11-5-6-12-20/h3-4,7-8,17H,2,5-6,9-15H2,1H3. The SMILES string of the molecule is CCOc1ccccc1CN1CCC(N2CCCC2)CC1. The second kappa shape index (κ2) is 7.28. The summed E-state index contributed by atoms with van der Waals surface area (Å²) >= 11 is 0. The summed E-state index contributed by atoms with van der Waals surface area (Å²) in [5, 5.41) is 0. The van der Waals surface area contributed by atoms with Crippen molar-refractivity contribution in [2.24, 2.45) is 0 Å². The summed E-state index contributed by atoms with van der Waals surface area (Å²) in [7, 11) is 0. The first-order valence-corrected chi connectivity index (χ1v) is 8.54. The van der Waals surface area contributed by atoms with Crippen molar-refractivity contribution in [2.75, 3.05) is 32.8 Å². The van der Waals surface area contributed by atoms with Crippen molar-refractivity contribution in [1.29, 1.82) is 0 Å². The van der Waals surface area contributed by atoms with Gasteiger partial charge in [-0.1, -0.05) is 18.2 Å². The Morgan fingerprint density at radius 1 is 1.05 bits per heavy atom. The molecule has 3 heteroatoms. The van der Waals surface area contributed by atoms with Crippen LogP contribution in [0, 0.1) is 0 Å². The van der Waals surface area contributed by atoms with E-state index in [-0.39, 0.29) is 0 Å². The lowest BCUT2D eigenvalue weighted by atomic mass is 10.0. The first kappa shape index (κ1) is 14.9. The van der Waals surface area contributed by atoms with Crippen LogP contribution in [0.5, 0.6) is 5.75 Å². The number of benzene rings is 1. The van der Waals surface area contributed by atoms with Gasteiger partial charge in [-0.25, -0.2) is 0 Å². The van der Waals surface area contributed by atoms with Crippen LogP contribution < -0.4 is 4.74 Å². The van der Waals surface area contributed by atoms with Crippen LogP contribution in [0.1, 0.15) is 38.2 Å². The Morgan fingerprint density at radius 2 is 1.76 bits per heavy atom. The number of hydrogen-bond donors (Lipinski definition) is 0. The zero-order chi connectivity index (χ0) is 14.5. The van der Waals surface area contributed by atoms with Gasteiger partial charge >= 0.3 is 0 Å². The quantitative estimate of drug-likeness (QED) is 0.828. The first-order valence-electron chi connectivity index (χ1n) is 8.54. The molecule has 116 valence electrons. The predicted octanol–water partition coefficient (Wildman–Crippen LogP) is 3.15. The highest BCUT2D eigenvalue weighted by molar-refractivity contribution is 5.33. The molecule has 2 heterocycles. The van der Waals surface area contributed by atoms with Gasteiger partial charge < -0.3 is 9.64 Å². The molecule has 2 aliphatic heterocycles. The molecular weight excluding hydrogens is 260 g/mol. The predicted molar refractivity (Wildman–Crippen MR) is 86.7 cm³/mol. The van der Waals surface area contributed by atoms with Gasteiger partial charge in [0.1, 0.15) is 5.75 Å². The molecule has 1 aromatic rings. The Morgan fingerprint density at radius 3 is 2.48 bits per heavy atom. The summed E-state index contributed by atoms with van der Waals surface area (Å²) in [5.41, 5.74) is 1.33. The third-order valence-corrected chi connectivity index (χ3v) is 4.88. The Balaban J connectivity index is 1.53. The summed E-state index contributed by atoms with van der Waals surface area (Å²) in [6.45, 7) is 8.94. The van der Waals surface area contributed by atoms with Crippen LogP contribution in [0.3, 0.4) is 0 Å². The van der Waals surface area contributed by atoms with Crippen molar-refractivity contribution >= 4 is 0 Å². The highest BCUT2D eigenvalue weighted by Gasteiger charge is 2.26. The maximum absolute atomic E-state index is 5.75. The molecule has 0 spiro atoms. The number of likely N-dealkylation sites (tertiary alicyclic amines) is 2. The van der Waals surface area contributed by atoms with Crippen LogP contribution in [0.25, 0.3) is 0 Å². The smallest absolute Gasteiger partial charge is 0.123 e. The summed E-state index contributed by atoms with van der Waals surface area (Å²) in [6, 6.07) is 9.32. The molecule has 0 atom stereocenters. The van der Waals surface area contributed by atoms with E-state index in [0.717, 1.165) is 24.9 Å². The van der Waals surface area contributed by atoms with Crippen molar-refractivity contribution in [3.05, 3.63) is 29.8 Å². The van der Waals surface area contributed by atoms with Gasteiger partial charge in [-0.3, -0.25) is 4.90 Å². The number of piperidine rings is 1. The average Bonchev–Trinajstić information content (AvgIpc) is 3.05. The molecule has 21 heavy (non-hydrogen) atoms. The lowest BCUT2D eigenvalue weighted by Gasteiger charge is -2.36. The van der Waals surface area contributed by atoms with Crippen molar-refractivity contribution in [3.63, 3.8) is 0 Å². The fourth-order valence-corrected chi connectivity index (χ4v) is 3.72. The van der Waals surface area contributed by atoms with Crippen molar-refractivity contribution in [1.82, 2.24) is 9.80 Å². The molecule has 3 nitrogen and oxygen atoms in total. The Bertz CT molecular complexity index is 435. The average molecular weight is 288 g/mol. The Hall–Kier alpha value is -1.06. The zero-order valence-corrected chi connectivity index (χ0v) is 13.3. The summed E-state index contributed by atoms with van der Waals surface area (Å²) in [5.74, 6) is 1.06. The molecule has 0 unspecified atom stereocenters. The van der Waals surface area contributed by atoms with Gasteiger partial charge in [-0.15, -0.1) is 0 Å². The molecular formula is C18H28N2O. The number of rotatable bonds is 5. The molecule has 2 fully saturated rings. The third kappa shape index (κ3) is 3.78. The van der Waals surface area contributed by atoms with Gasteiger partial charge in [0.2, 0.25) is 0 Å². The number of para-hydroxylation sites is 1. The first-order chi connectivity index (χ1) is 10.4. The molecule has 0 bridgehead atoms. The highest BCUT2D eigenvalue weighted by Crippen LogP contribution is 2.24. The van der Waals surface area contributed by atoms with Crippen molar-refractivity contribution < 1.29 is 4.74 Å². The van der Waals surface area contributed by atoms with Crippen LogP contribution in [0.4, 0.5) is 0 Å². The minimum Gasteiger partial charge on any atom is -0.494 e. The summed E-state index contributed by atoms with van der Waals surface area (Å²) < 4.78 is 5.75. The third-order valence-electron chi connectivity index (χ3n) is 4.88. The fraction of sp³-hybridized carbons (Fsp3) is 0.667. The summed E-state index contributed by atoms with van der Waals surface area (Å²) in [4.78, 5) is 5.30. The highest BCUT2D eigenvalue weighted by atomic mass is 16.5. The van der Waals surface area contributed by atoms with Gasteiger partial charge in [-0.2, -0.15) is 0 Å². The molecule has 0 aliphatic carbocycles. The van der Waals surface area contributed by atoms with Gasteiger partial charge in [0, 0.05) is 18.2 Å². The topological polar surface area (TPSA) is 15.7 Å². The molecule has 0 amide bonds. The van der Waals surface area contributed by atoms with Crippen molar-refractivity contribution in [2.45, 2.75) is 45.2 Å². The minimum atomic E-state index is 0.744. The molecule has 2 saturated heterocycles. The molecule has 0 N–H and O–H groups in total. The van der Waals surface area contributed by atoms with E-state index in [0.29, 0.717) is 0 Å². The van der Waals surface area contributed by atoms with E-state index in [4.69, 9.17) is 4.74 Å². The number of nitrogens with zero attached hydrogens (tertiary/aromatic N) is 2. The summed E-state index contributed by atoms with van der Waals surface area (Å²) in [6.07, 6.45) is 5.47. The van der Waals surface area contributed by atoms with Crippen LogP contribution in [0.2, 0.25) is 0 Å². The van der Waals surface area contributed by atoms with E-state index in [1.807, 2.05) is 0 Å². The Kier molecular flexibility index (Phi) is 5.15. The molecule has 0 aromatic heterocycles. The van der Waals surface area contributed by atoms with E-state index in [9.17, 15) is 0 Å². The van der Waals surface area contributed by atoms with E-state index >= 15 is 0 Å². The van der Waals surface area contributed by atoms with Crippen molar-refractivity contribution in [3.8, 4) is 5.75 Å². The van der Waals surface area contributed by atoms with E-state index in [2.05, 4.69) is 41.0 Å². The zero-order valence-electron chi connectivity index (χ0n) is 13.3. The maximum Gasteiger partial charge on any atom is 0.123 e. The number of ether oxygens (including phenoxy) is 1. The molecule has 0 saturated carbocycles. The van der Waals surface area contributed by atoms with Gasteiger partial charge in [-0.05, 0) is 64.9 Å². The lowest BCUT2D eigenvalue weighted by Crippen LogP contribution is -2.43. The van der Waals surface area contributed by atoms with Crippen LogP contribution in [-0.2, 0) is 6.54 Å². The maximum atomic E-state index is 5.75. The van der Waals surface area contributed by atoms with E-state index < -0.39 is 0 Å². The molecule has 1 aromatic carbocycles. The van der Waals surface area contributed by atoms with Crippen LogP contribution >= 0.6 is 0 Å². The van der Waals surface area contributed by atoms with Crippen LogP contribution in [0.15, 0.2) is 24.3 Å². The van der Waals surface area contributed by atoms with Gasteiger partial charge in [0.15, 0.2) is 0 Å². The molecule has 2 aliphatic rings. The monoisotopic (exact) mass is 288 g/mol. The van der Waals surface area contributed by atoms with Gasteiger partial charge in [0.25, 0.3) is 0 Å². The Labute approximate surface area is 128 Å². The van der Waals surface area contributed by atoms with Gasteiger partial charge in [0.05, 0.1) is 6.61 Å². The second-order valence-corrected chi connectivity index (χ2v) is 6.29. The minimum absolute atomic E-state index is 0.744. The molecule has 0 radical (unpaired) electrons. The number of hydrogen-bond acceptors (Lipinski definition) is 3. The normalized spacial score (nSPS) is 21.8. The van der Waals surface area contributed by atoms with E-state index in [1.165, 1.54) is 57.4 Å². The van der Waals surface area contributed by atoms with E-state index in [1.54, 1.807) is 0 Å².